The SMILES string of the molecule is Cc1ccc(S(=O)(=O)Nc2cccc(N3CCCCC3=O)c2)c(C)c1. The molecule has 0 bridgehead atoms. The van der Waals surface area contributed by atoms with Crippen molar-refractivity contribution in [2.24, 2.45) is 0 Å². The molecule has 1 N–H and O–H groups in total. The van der Waals surface area contributed by atoms with Crippen molar-refractivity contribution in [2.75, 3.05) is 16.2 Å². The van der Waals surface area contributed by atoms with E-state index in [-0.39, 0.29) is 10.8 Å². The minimum absolute atomic E-state index is 0.0839. The van der Waals surface area contributed by atoms with Crippen molar-refractivity contribution in [3.05, 3.63) is 53.6 Å². The maximum absolute atomic E-state index is 12.7. The molecule has 6 heteroatoms. The van der Waals surface area contributed by atoms with Crippen molar-refractivity contribution in [1.29, 1.82) is 0 Å². The topological polar surface area (TPSA) is 66.5 Å². The maximum atomic E-state index is 12.7. The van der Waals surface area contributed by atoms with Gasteiger partial charge in [-0.2, -0.15) is 0 Å². The minimum Gasteiger partial charge on any atom is -0.312 e. The molecule has 1 heterocycles. The summed E-state index contributed by atoms with van der Waals surface area (Å²) < 4.78 is 28.0. The van der Waals surface area contributed by atoms with Gasteiger partial charge in [-0.3, -0.25) is 9.52 Å². The van der Waals surface area contributed by atoms with Gasteiger partial charge < -0.3 is 4.90 Å². The first-order chi connectivity index (χ1) is 11.9. The monoisotopic (exact) mass is 358 g/mol. The van der Waals surface area contributed by atoms with Crippen LogP contribution >= 0.6 is 0 Å². The van der Waals surface area contributed by atoms with Gasteiger partial charge in [-0.25, -0.2) is 8.42 Å². The van der Waals surface area contributed by atoms with Gasteiger partial charge in [0.1, 0.15) is 0 Å². The fourth-order valence-corrected chi connectivity index (χ4v) is 4.40. The van der Waals surface area contributed by atoms with Crippen LogP contribution in [0.25, 0.3) is 0 Å². The number of hydrogen-bond acceptors (Lipinski definition) is 3. The van der Waals surface area contributed by atoms with Crippen LogP contribution in [0.1, 0.15) is 30.4 Å². The summed E-state index contributed by atoms with van der Waals surface area (Å²) >= 11 is 0. The largest absolute Gasteiger partial charge is 0.312 e. The van der Waals surface area contributed by atoms with Crippen LogP contribution in [0.4, 0.5) is 11.4 Å². The maximum Gasteiger partial charge on any atom is 0.262 e. The molecule has 0 aromatic heterocycles. The number of aryl methyl sites for hydroxylation is 2. The first kappa shape index (κ1) is 17.5. The normalized spacial score (nSPS) is 15.3. The van der Waals surface area contributed by atoms with Crippen molar-refractivity contribution in [1.82, 2.24) is 0 Å². The third-order valence-electron chi connectivity index (χ3n) is 4.35. The zero-order valence-corrected chi connectivity index (χ0v) is 15.3. The summed E-state index contributed by atoms with van der Waals surface area (Å²) in [5, 5.41) is 0. The average molecular weight is 358 g/mol. The Hall–Kier alpha value is -2.34. The molecular weight excluding hydrogens is 336 g/mol. The van der Waals surface area contributed by atoms with Crippen LogP contribution in [-0.2, 0) is 14.8 Å². The summed E-state index contributed by atoms with van der Waals surface area (Å²) in [5.74, 6) is 0.0839. The van der Waals surface area contributed by atoms with Crippen LogP contribution < -0.4 is 9.62 Å². The molecule has 1 aliphatic heterocycles. The van der Waals surface area contributed by atoms with Crippen molar-refractivity contribution < 1.29 is 13.2 Å². The van der Waals surface area contributed by atoms with Crippen LogP contribution in [0.2, 0.25) is 0 Å². The number of nitrogens with zero attached hydrogens (tertiary/aromatic N) is 1. The lowest BCUT2D eigenvalue weighted by Gasteiger charge is -2.27. The van der Waals surface area contributed by atoms with E-state index in [0.717, 1.165) is 24.1 Å². The van der Waals surface area contributed by atoms with Crippen molar-refractivity contribution in [3.8, 4) is 0 Å². The molecule has 2 aromatic rings. The molecule has 25 heavy (non-hydrogen) atoms. The number of anilines is 2. The molecule has 1 fully saturated rings. The number of carbonyl (C=O) groups excluding carboxylic acids is 1. The standard InChI is InChI=1S/C19H22N2O3S/c1-14-9-10-18(15(2)12-14)25(23,24)20-16-6-5-7-17(13-16)21-11-4-3-8-19(21)22/h5-7,9-10,12-13,20H,3-4,8,11H2,1-2H3. The Morgan fingerprint density at radius 2 is 1.84 bits per heavy atom. The summed E-state index contributed by atoms with van der Waals surface area (Å²) in [6.45, 7) is 4.38. The Kier molecular flexibility index (Phi) is 4.81. The van der Waals surface area contributed by atoms with E-state index in [9.17, 15) is 13.2 Å². The average Bonchev–Trinajstić information content (AvgIpc) is 2.54. The highest BCUT2D eigenvalue weighted by molar-refractivity contribution is 7.92. The number of amides is 1. The van der Waals surface area contributed by atoms with E-state index < -0.39 is 10.0 Å². The molecule has 1 amide bonds. The predicted octanol–water partition coefficient (Wildman–Crippen LogP) is 3.62. The summed E-state index contributed by atoms with van der Waals surface area (Å²) in [7, 11) is -3.68. The number of sulfonamides is 1. The van der Waals surface area contributed by atoms with E-state index >= 15 is 0 Å². The van der Waals surface area contributed by atoms with Crippen LogP contribution in [0, 0.1) is 13.8 Å². The van der Waals surface area contributed by atoms with E-state index in [4.69, 9.17) is 0 Å². The van der Waals surface area contributed by atoms with Gasteiger partial charge in [0.15, 0.2) is 0 Å². The Bertz CT molecular complexity index is 907. The zero-order valence-electron chi connectivity index (χ0n) is 14.5. The second kappa shape index (κ2) is 6.88. The lowest BCUT2D eigenvalue weighted by atomic mass is 10.1. The van der Waals surface area contributed by atoms with Crippen LogP contribution in [0.3, 0.4) is 0 Å². The van der Waals surface area contributed by atoms with Gasteiger partial charge in [0, 0.05) is 18.7 Å². The number of piperidine rings is 1. The number of carbonyl (C=O) groups is 1. The third-order valence-corrected chi connectivity index (χ3v) is 5.89. The number of benzene rings is 2. The summed E-state index contributed by atoms with van der Waals surface area (Å²) in [5.41, 5.74) is 2.90. The van der Waals surface area contributed by atoms with Gasteiger partial charge in [0.2, 0.25) is 5.91 Å². The molecule has 1 saturated heterocycles. The summed E-state index contributed by atoms with van der Waals surface area (Å²) in [4.78, 5) is 14.1. The first-order valence-electron chi connectivity index (χ1n) is 8.37. The molecule has 5 nitrogen and oxygen atoms in total. The van der Waals surface area contributed by atoms with Gasteiger partial charge in [0.05, 0.1) is 10.6 Å². The number of nitrogens with one attached hydrogen (secondary N) is 1. The summed E-state index contributed by atoms with van der Waals surface area (Å²) in [6, 6.07) is 12.2. The van der Waals surface area contributed by atoms with Gasteiger partial charge in [0.25, 0.3) is 10.0 Å². The van der Waals surface area contributed by atoms with E-state index in [0.29, 0.717) is 24.2 Å². The van der Waals surface area contributed by atoms with Gasteiger partial charge in [-0.05, 0) is 56.5 Å². The quantitative estimate of drug-likeness (QED) is 0.908. The molecular formula is C19H22N2O3S. The molecule has 0 atom stereocenters. The Morgan fingerprint density at radius 3 is 2.56 bits per heavy atom. The van der Waals surface area contributed by atoms with Gasteiger partial charge in [-0.1, -0.05) is 23.8 Å². The van der Waals surface area contributed by atoms with Crippen molar-refractivity contribution in [3.63, 3.8) is 0 Å². The molecule has 0 aliphatic carbocycles. The van der Waals surface area contributed by atoms with E-state index in [2.05, 4.69) is 4.72 Å². The molecule has 132 valence electrons. The van der Waals surface area contributed by atoms with E-state index in [1.165, 1.54) is 0 Å². The number of hydrogen-bond donors (Lipinski definition) is 1. The fraction of sp³-hybridized carbons (Fsp3) is 0.316. The summed E-state index contributed by atoms with van der Waals surface area (Å²) in [6.07, 6.45) is 2.41. The molecule has 2 aromatic carbocycles. The Labute approximate surface area is 148 Å². The Balaban J connectivity index is 1.87. The number of rotatable bonds is 4. The third kappa shape index (κ3) is 3.85. The van der Waals surface area contributed by atoms with E-state index in [1.54, 1.807) is 42.2 Å². The highest BCUT2D eigenvalue weighted by Crippen LogP contribution is 2.26. The lowest BCUT2D eigenvalue weighted by molar-refractivity contribution is -0.119. The predicted molar refractivity (Wildman–Crippen MR) is 99.4 cm³/mol. The molecule has 1 aliphatic rings. The highest BCUT2D eigenvalue weighted by Gasteiger charge is 2.21. The van der Waals surface area contributed by atoms with Crippen molar-refractivity contribution >= 4 is 27.3 Å². The van der Waals surface area contributed by atoms with Crippen LogP contribution in [0.15, 0.2) is 47.4 Å². The van der Waals surface area contributed by atoms with Gasteiger partial charge in [-0.15, -0.1) is 0 Å². The second-order valence-corrected chi connectivity index (χ2v) is 8.08. The molecule has 0 saturated carbocycles. The smallest absolute Gasteiger partial charge is 0.262 e. The van der Waals surface area contributed by atoms with Crippen LogP contribution in [-0.4, -0.2) is 20.9 Å². The minimum atomic E-state index is -3.68. The molecule has 0 spiro atoms. The second-order valence-electron chi connectivity index (χ2n) is 6.43. The molecule has 3 rings (SSSR count). The van der Waals surface area contributed by atoms with Crippen LogP contribution in [0.5, 0.6) is 0 Å². The lowest BCUT2D eigenvalue weighted by Crippen LogP contribution is -2.35. The first-order valence-corrected chi connectivity index (χ1v) is 9.86. The van der Waals surface area contributed by atoms with E-state index in [1.807, 2.05) is 19.1 Å². The Morgan fingerprint density at radius 1 is 1.04 bits per heavy atom. The zero-order chi connectivity index (χ0) is 18.0. The molecule has 0 radical (unpaired) electrons. The van der Waals surface area contributed by atoms with Gasteiger partial charge >= 0.3 is 0 Å². The highest BCUT2D eigenvalue weighted by atomic mass is 32.2. The molecule has 0 unspecified atom stereocenters. The van der Waals surface area contributed by atoms with Crippen molar-refractivity contribution in [2.45, 2.75) is 38.0 Å². The fourth-order valence-electron chi connectivity index (χ4n) is 3.13.